The number of carbonyl (C=O) groups is 2. The SMILES string of the molecule is CN(C(=O)c1cc(Br)cn1C1CC1)C1COCC1C(=O)O. The molecule has 1 saturated heterocycles. The van der Waals surface area contributed by atoms with Crippen molar-refractivity contribution >= 4 is 27.8 Å². The highest BCUT2D eigenvalue weighted by atomic mass is 79.9. The van der Waals surface area contributed by atoms with Crippen molar-refractivity contribution in [2.75, 3.05) is 20.3 Å². The van der Waals surface area contributed by atoms with Crippen molar-refractivity contribution in [2.45, 2.75) is 24.9 Å². The van der Waals surface area contributed by atoms with Crippen LogP contribution in [0.25, 0.3) is 0 Å². The molecule has 1 aromatic rings. The van der Waals surface area contributed by atoms with Crippen molar-refractivity contribution in [2.24, 2.45) is 5.92 Å². The van der Waals surface area contributed by atoms with Gasteiger partial charge in [-0.1, -0.05) is 0 Å². The standard InChI is InChI=1S/C14H17BrN2O4/c1-16(12-7-21-6-10(12)14(19)20)13(18)11-4-8(15)5-17(11)9-2-3-9/h4-5,9-10,12H,2-3,6-7H2,1H3,(H,19,20). The summed E-state index contributed by atoms with van der Waals surface area (Å²) in [6.45, 7) is 0.426. The van der Waals surface area contributed by atoms with E-state index in [1.807, 2.05) is 10.8 Å². The van der Waals surface area contributed by atoms with Crippen LogP contribution in [0.1, 0.15) is 29.4 Å². The summed E-state index contributed by atoms with van der Waals surface area (Å²) < 4.78 is 8.09. The van der Waals surface area contributed by atoms with Crippen molar-refractivity contribution in [3.8, 4) is 0 Å². The molecule has 1 N–H and O–H groups in total. The first-order chi connectivity index (χ1) is 9.99. The number of aromatic nitrogens is 1. The Morgan fingerprint density at radius 2 is 2.14 bits per heavy atom. The molecular formula is C14H17BrN2O4. The van der Waals surface area contributed by atoms with Gasteiger partial charge in [-0.25, -0.2) is 0 Å². The van der Waals surface area contributed by atoms with Gasteiger partial charge in [-0.2, -0.15) is 0 Å². The van der Waals surface area contributed by atoms with Gasteiger partial charge < -0.3 is 19.3 Å². The number of carboxylic acid groups (broad SMARTS) is 1. The molecule has 2 atom stereocenters. The van der Waals surface area contributed by atoms with Crippen molar-refractivity contribution < 1.29 is 19.4 Å². The average molecular weight is 357 g/mol. The maximum Gasteiger partial charge on any atom is 0.311 e. The maximum absolute atomic E-state index is 12.7. The van der Waals surface area contributed by atoms with Crippen molar-refractivity contribution in [1.82, 2.24) is 9.47 Å². The van der Waals surface area contributed by atoms with Gasteiger partial charge in [0.15, 0.2) is 0 Å². The lowest BCUT2D eigenvalue weighted by Gasteiger charge is -2.26. The minimum Gasteiger partial charge on any atom is -0.481 e. The highest BCUT2D eigenvalue weighted by Gasteiger charge is 2.39. The van der Waals surface area contributed by atoms with E-state index < -0.39 is 17.9 Å². The molecule has 2 unspecified atom stereocenters. The predicted molar refractivity (Wildman–Crippen MR) is 78.2 cm³/mol. The average Bonchev–Trinajstić information content (AvgIpc) is 3.03. The predicted octanol–water partition coefficient (Wildman–Crippen LogP) is 1.76. The molecular weight excluding hydrogens is 340 g/mol. The number of rotatable bonds is 4. The smallest absolute Gasteiger partial charge is 0.311 e. The lowest BCUT2D eigenvalue weighted by atomic mass is 10.0. The molecule has 0 radical (unpaired) electrons. The summed E-state index contributed by atoms with van der Waals surface area (Å²) in [7, 11) is 1.65. The third-order valence-corrected chi connectivity index (χ3v) is 4.59. The number of amides is 1. The minimum absolute atomic E-state index is 0.158. The first-order valence-electron chi connectivity index (χ1n) is 6.94. The van der Waals surface area contributed by atoms with Crippen LogP contribution < -0.4 is 0 Å². The summed E-state index contributed by atoms with van der Waals surface area (Å²) in [4.78, 5) is 25.4. The van der Waals surface area contributed by atoms with Gasteiger partial charge in [-0.05, 0) is 34.8 Å². The van der Waals surface area contributed by atoms with E-state index in [2.05, 4.69) is 15.9 Å². The molecule has 6 nitrogen and oxygen atoms in total. The maximum atomic E-state index is 12.7. The third kappa shape index (κ3) is 2.72. The number of carbonyl (C=O) groups excluding carboxylic acids is 1. The largest absolute Gasteiger partial charge is 0.481 e. The summed E-state index contributed by atoms with van der Waals surface area (Å²) in [6, 6.07) is 1.76. The summed E-state index contributed by atoms with van der Waals surface area (Å²) in [5.41, 5.74) is 0.600. The number of nitrogens with zero attached hydrogens (tertiary/aromatic N) is 2. The van der Waals surface area contributed by atoms with Crippen LogP contribution in [0.15, 0.2) is 16.7 Å². The Bertz CT molecular complexity index is 582. The molecule has 0 bridgehead atoms. The first-order valence-corrected chi connectivity index (χ1v) is 7.73. The highest BCUT2D eigenvalue weighted by molar-refractivity contribution is 9.10. The van der Waals surface area contributed by atoms with Gasteiger partial charge >= 0.3 is 5.97 Å². The second-order valence-electron chi connectivity index (χ2n) is 5.65. The van der Waals surface area contributed by atoms with E-state index in [9.17, 15) is 14.7 Å². The quantitative estimate of drug-likeness (QED) is 0.891. The molecule has 1 aliphatic heterocycles. The Morgan fingerprint density at radius 3 is 2.76 bits per heavy atom. The van der Waals surface area contributed by atoms with E-state index in [-0.39, 0.29) is 19.1 Å². The Hall–Kier alpha value is -1.34. The second-order valence-corrected chi connectivity index (χ2v) is 6.56. The van der Waals surface area contributed by atoms with E-state index in [0.717, 1.165) is 17.3 Å². The molecule has 0 aromatic carbocycles. The lowest BCUT2D eigenvalue weighted by molar-refractivity contribution is -0.142. The van der Waals surface area contributed by atoms with Crippen LogP contribution in [0.5, 0.6) is 0 Å². The third-order valence-electron chi connectivity index (χ3n) is 4.16. The zero-order chi connectivity index (χ0) is 15.1. The van der Waals surface area contributed by atoms with Gasteiger partial charge in [0.25, 0.3) is 5.91 Å². The molecule has 1 aliphatic carbocycles. The molecule has 114 valence electrons. The van der Waals surface area contributed by atoms with Gasteiger partial charge in [-0.3, -0.25) is 9.59 Å². The Labute approximate surface area is 130 Å². The number of ether oxygens (including phenoxy) is 1. The zero-order valence-corrected chi connectivity index (χ0v) is 13.2. The van der Waals surface area contributed by atoms with E-state index >= 15 is 0 Å². The van der Waals surface area contributed by atoms with Crippen LogP contribution in [-0.2, 0) is 9.53 Å². The van der Waals surface area contributed by atoms with Crippen LogP contribution in [-0.4, -0.2) is 52.8 Å². The number of aliphatic carboxylic acids is 1. The number of likely N-dealkylation sites (N-methyl/N-ethyl adjacent to an activating group) is 1. The van der Waals surface area contributed by atoms with E-state index in [1.165, 1.54) is 4.90 Å². The second kappa shape index (κ2) is 5.46. The molecule has 7 heteroatoms. The monoisotopic (exact) mass is 356 g/mol. The highest BCUT2D eigenvalue weighted by Crippen LogP contribution is 2.38. The van der Waals surface area contributed by atoms with E-state index in [4.69, 9.17) is 4.74 Å². The van der Waals surface area contributed by atoms with E-state index in [1.54, 1.807) is 13.1 Å². The molecule has 1 saturated carbocycles. The fourth-order valence-corrected chi connectivity index (χ4v) is 3.20. The van der Waals surface area contributed by atoms with Crippen molar-refractivity contribution in [3.05, 3.63) is 22.4 Å². The van der Waals surface area contributed by atoms with Gasteiger partial charge in [0.1, 0.15) is 11.6 Å². The van der Waals surface area contributed by atoms with Gasteiger partial charge in [0.05, 0.1) is 19.3 Å². The summed E-state index contributed by atoms with van der Waals surface area (Å²) >= 11 is 3.40. The Kier molecular flexibility index (Phi) is 3.79. The van der Waals surface area contributed by atoms with E-state index in [0.29, 0.717) is 11.7 Å². The Morgan fingerprint density at radius 1 is 1.43 bits per heavy atom. The van der Waals surface area contributed by atoms with Crippen LogP contribution in [0.4, 0.5) is 0 Å². The lowest BCUT2D eigenvalue weighted by Crippen LogP contribution is -2.44. The normalized spacial score (nSPS) is 25.0. The first kappa shape index (κ1) is 14.6. The fraction of sp³-hybridized carbons (Fsp3) is 0.571. The summed E-state index contributed by atoms with van der Waals surface area (Å²) in [6.07, 6.45) is 4.07. The number of carboxylic acids is 1. The topological polar surface area (TPSA) is 71.8 Å². The summed E-state index contributed by atoms with van der Waals surface area (Å²) in [5, 5.41) is 9.21. The molecule has 2 heterocycles. The summed E-state index contributed by atoms with van der Waals surface area (Å²) in [5.74, 6) is -1.74. The van der Waals surface area contributed by atoms with Crippen LogP contribution in [0, 0.1) is 5.92 Å². The van der Waals surface area contributed by atoms with Crippen LogP contribution >= 0.6 is 15.9 Å². The molecule has 0 spiro atoms. The number of hydrogen-bond acceptors (Lipinski definition) is 3. The number of hydrogen-bond donors (Lipinski definition) is 1. The van der Waals surface area contributed by atoms with Crippen LogP contribution in [0.3, 0.4) is 0 Å². The van der Waals surface area contributed by atoms with Crippen LogP contribution in [0.2, 0.25) is 0 Å². The van der Waals surface area contributed by atoms with Crippen molar-refractivity contribution in [3.63, 3.8) is 0 Å². The zero-order valence-electron chi connectivity index (χ0n) is 11.7. The Balaban J connectivity index is 1.83. The van der Waals surface area contributed by atoms with Crippen molar-refractivity contribution in [1.29, 1.82) is 0 Å². The molecule has 21 heavy (non-hydrogen) atoms. The van der Waals surface area contributed by atoms with Gasteiger partial charge in [-0.15, -0.1) is 0 Å². The number of halogens is 1. The fourth-order valence-electron chi connectivity index (χ4n) is 2.76. The molecule has 2 aliphatic rings. The molecule has 2 fully saturated rings. The van der Waals surface area contributed by atoms with Gasteiger partial charge in [0.2, 0.25) is 0 Å². The minimum atomic E-state index is -0.920. The molecule has 3 rings (SSSR count). The van der Waals surface area contributed by atoms with Gasteiger partial charge in [0, 0.05) is 23.8 Å². The molecule has 1 aromatic heterocycles. The molecule has 1 amide bonds.